The number of rotatable bonds is 5. The Labute approximate surface area is 146 Å². The Morgan fingerprint density at radius 3 is 2.16 bits per heavy atom. The minimum Gasteiger partial charge on any atom is -0.449 e. The molecule has 0 saturated carbocycles. The Balaban J connectivity index is 1.72. The van der Waals surface area contributed by atoms with Crippen LogP contribution in [0.25, 0.3) is 11.1 Å². The Morgan fingerprint density at radius 2 is 1.68 bits per heavy atom. The van der Waals surface area contributed by atoms with E-state index >= 15 is 0 Å². The van der Waals surface area contributed by atoms with E-state index in [0.717, 1.165) is 22.3 Å². The van der Waals surface area contributed by atoms with E-state index in [0.29, 0.717) is 0 Å². The van der Waals surface area contributed by atoms with Crippen molar-refractivity contribution in [2.75, 3.05) is 13.2 Å². The van der Waals surface area contributed by atoms with E-state index in [4.69, 9.17) is 4.74 Å². The van der Waals surface area contributed by atoms with Gasteiger partial charge in [-0.1, -0.05) is 48.5 Å². The molecule has 1 amide bonds. The third kappa shape index (κ3) is 3.51. The van der Waals surface area contributed by atoms with Crippen LogP contribution in [-0.4, -0.2) is 36.1 Å². The van der Waals surface area contributed by atoms with Gasteiger partial charge in [0.25, 0.3) is 0 Å². The van der Waals surface area contributed by atoms with Crippen molar-refractivity contribution in [3.8, 4) is 11.1 Å². The van der Waals surface area contributed by atoms with Crippen molar-refractivity contribution in [2.45, 2.75) is 31.5 Å². The number of hydrogen-bond donors (Lipinski definition) is 2. The minimum absolute atomic E-state index is 0.0517. The van der Waals surface area contributed by atoms with Gasteiger partial charge in [-0.2, -0.15) is 0 Å². The van der Waals surface area contributed by atoms with Crippen molar-refractivity contribution in [1.82, 2.24) is 5.32 Å². The van der Waals surface area contributed by atoms with Crippen LogP contribution in [-0.2, 0) is 4.74 Å². The Kier molecular flexibility index (Phi) is 4.77. The Bertz CT molecular complexity index is 724. The van der Waals surface area contributed by atoms with Crippen LogP contribution in [0.2, 0.25) is 0 Å². The first-order chi connectivity index (χ1) is 11.9. The molecule has 0 aromatic heterocycles. The molecular formula is C20H22FNO3. The number of benzene rings is 2. The fourth-order valence-corrected chi connectivity index (χ4v) is 3.22. The molecule has 2 aromatic rings. The summed E-state index contributed by atoms with van der Waals surface area (Å²) in [6.45, 7) is 2.27. The molecule has 3 rings (SSSR count). The van der Waals surface area contributed by atoms with Crippen molar-refractivity contribution in [3.05, 3.63) is 59.7 Å². The lowest BCUT2D eigenvalue weighted by atomic mass is 9.98. The van der Waals surface area contributed by atoms with Gasteiger partial charge in [-0.05, 0) is 36.1 Å². The summed E-state index contributed by atoms with van der Waals surface area (Å²) in [7, 11) is 0. The monoisotopic (exact) mass is 343 g/mol. The van der Waals surface area contributed by atoms with E-state index in [2.05, 4.69) is 17.4 Å². The van der Waals surface area contributed by atoms with Crippen molar-refractivity contribution in [1.29, 1.82) is 0 Å². The molecule has 0 saturated heterocycles. The van der Waals surface area contributed by atoms with Gasteiger partial charge < -0.3 is 15.2 Å². The average molecular weight is 343 g/mol. The van der Waals surface area contributed by atoms with Crippen LogP contribution in [0.1, 0.15) is 30.9 Å². The molecule has 1 aliphatic rings. The van der Waals surface area contributed by atoms with Crippen molar-refractivity contribution in [2.24, 2.45) is 0 Å². The summed E-state index contributed by atoms with van der Waals surface area (Å²) in [5, 5.41) is 11.6. The molecule has 0 aliphatic heterocycles. The number of halogens is 1. The van der Waals surface area contributed by atoms with Crippen LogP contribution in [0.3, 0.4) is 0 Å². The molecule has 2 N–H and O–H groups in total. The average Bonchev–Trinajstić information content (AvgIpc) is 2.91. The van der Waals surface area contributed by atoms with E-state index in [1.54, 1.807) is 0 Å². The van der Waals surface area contributed by atoms with Crippen LogP contribution >= 0.6 is 0 Å². The van der Waals surface area contributed by atoms with Gasteiger partial charge in [-0.3, -0.25) is 0 Å². The Hall–Kier alpha value is -2.40. The zero-order valence-corrected chi connectivity index (χ0v) is 14.3. The third-order valence-electron chi connectivity index (χ3n) is 4.65. The Morgan fingerprint density at radius 1 is 1.16 bits per heavy atom. The maximum absolute atomic E-state index is 13.9. The summed E-state index contributed by atoms with van der Waals surface area (Å²) in [4.78, 5) is 12.0. The number of nitrogens with one attached hydrogen (secondary N) is 1. The quantitative estimate of drug-likeness (QED) is 0.871. The number of aliphatic hydroxyl groups is 1. The van der Waals surface area contributed by atoms with Crippen LogP contribution in [0, 0.1) is 0 Å². The van der Waals surface area contributed by atoms with Crippen LogP contribution in [0.5, 0.6) is 0 Å². The van der Waals surface area contributed by atoms with Gasteiger partial charge in [0.05, 0.1) is 12.6 Å². The van der Waals surface area contributed by atoms with Gasteiger partial charge in [0, 0.05) is 5.92 Å². The fourth-order valence-electron chi connectivity index (χ4n) is 3.22. The first-order valence-corrected chi connectivity index (χ1v) is 8.33. The summed E-state index contributed by atoms with van der Waals surface area (Å²) < 4.78 is 19.3. The molecule has 132 valence electrons. The lowest BCUT2D eigenvalue weighted by Gasteiger charge is -2.26. The summed E-state index contributed by atoms with van der Waals surface area (Å²) in [6.07, 6.45) is -0.730. The molecule has 1 unspecified atom stereocenters. The van der Waals surface area contributed by atoms with Crippen molar-refractivity contribution >= 4 is 6.09 Å². The number of amides is 1. The SMILES string of the molecule is CC(C)(F)C(CO)NC(=O)OCC1c2ccccc2-c2ccccc21. The zero-order chi connectivity index (χ0) is 18.0. The molecule has 4 nitrogen and oxygen atoms in total. The number of carbonyl (C=O) groups excluding carboxylic acids is 1. The second-order valence-corrected chi connectivity index (χ2v) is 6.77. The highest BCUT2D eigenvalue weighted by Crippen LogP contribution is 2.44. The predicted octanol–water partition coefficient (Wildman–Crippen LogP) is 3.63. The summed E-state index contributed by atoms with van der Waals surface area (Å²) >= 11 is 0. The van der Waals surface area contributed by atoms with Gasteiger partial charge in [-0.25, -0.2) is 9.18 Å². The van der Waals surface area contributed by atoms with E-state index < -0.39 is 24.4 Å². The summed E-state index contributed by atoms with van der Waals surface area (Å²) in [5.74, 6) is -0.0517. The molecule has 1 aliphatic carbocycles. The number of ether oxygens (including phenoxy) is 1. The fraction of sp³-hybridized carbons (Fsp3) is 0.350. The van der Waals surface area contributed by atoms with Gasteiger partial charge >= 0.3 is 6.09 Å². The largest absolute Gasteiger partial charge is 0.449 e. The maximum atomic E-state index is 13.9. The van der Waals surface area contributed by atoms with E-state index in [1.165, 1.54) is 13.8 Å². The van der Waals surface area contributed by atoms with Gasteiger partial charge in [0.1, 0.15) is 12.3 Å². The number of alkyl carbamates (subject to hydrolysis) is 1. The van der Waals surface area contributed by atoms with Crippen molar-refractivity contribution < 1.29 is 19.0 Å². The van der Waals surface area contributed by atoms with Crippen LogP contribution in [0.4, 0.5) is 9.18 Å². The molecule has 25 heavy (non-hydrogen) atoms. The first-order valence-electron chi connectivity index (χ1n) is 8.33. The molecule has 1 atom stereocenters. The van der Waals surface area contributed by atoms with E-state index in [9.17, 15) is 14.3 Å². The summed E-state index contributed by atoms with van der Waals surface area (Å²) in [6, 6.07) is 15.1. The maximum Gasteiger partial charge on any atom is 0.407 e. The van der Waals surface area contributed by atoms with Gasteiger partial charge in [0.15, 0.2) is 0 Å². The van der Waals surface area contributed by atoms with Gasteiger partial charge in [-0.15, -0.1) is 0 Å². The second-order valence-electron chi connectivity index (χ2n) is 6.77. The first kappa shape index (κ1) is 17.4. The molecule has 0 fully saturated rings. The normalized spacial score (nSPS) is 14.6. The van der Waals surface area contributed by atoms with Crippen LogP contribution < -0.4 is 5.32 Å². The highest BCUT2D eigenvalue weighted by molar-refractivity contribution is 5.79. The molecule has 0 heterocycles. The molecule has 5 heteroatoms. The van der Waals surface area contributed by atoms with E-state index in [1.807, 2.05) is 36.4 Å². The lowest BCUT2D eigenvalue weighted by Crippen LogP contribution is -2.49. The number of aliphatic hydroxyl groups excluding tert-OH is 1. The minimum atomic E-state index is -1.74. The number of fused-ring (bicyclic) bond motifs is 3. The van der Waals surface area contributed by atoms with Crippen molar-refractivity contribution in [3.63, 3.8) is 0 Å². The zero-order valence-electron chi connectivity index (χ0n) is 14.3. The number of carbonyl (C=O) groups is 1. The van der Waals surface area contributed by atoms with Gasteiger partial charge in [0.2, 0.25) is 0 Å². The standard InChI is InChI=1S/C20H22FNO3/c1-20(2,21)18(11-23)22-19(24)25-12-17-15-9-5-3-7-13(15)14-8-4-6-10-16(14)17/h3-10,17-18,23H,11-12H2,1-2H3,(H,22,24). The summed E-state index contributed by atoms with van der Waals surface area (Å²) in [5.41, 5.74) is 2.78. The molecule has 0 radical (unpaired) electrons. The topological polar surface area (TPSA) is 58.6 Å². The molecule has 0 bridgehead atoms. The van der Waals surface area contributed by atoms with Crippen LogP contribution in [0.15, 0.2) is 48.5 Å². The number of alkyl halides is 1. The highest BCUT2D eigenvalue weighted by atomic mass is 19.1. The number of hydrogen-bond acceptors (Lipinski definition) is 3. The predicted molar refractivity (Wildman–Crippen MR) is 94.3 cm³/mol. The molecule has 0 spiro atoms. The second kappa shape index (κ2) is 6.84. The third-order valence-corrected chi connectivity index (χ3v) is 4.65. The smallest absolute Gasteiger partial charge is 0.407 e. The lowest BCUT2D eigenvalue weighted by molar-refractivity contribution is 0.0820. The molecular weight excluding hydrogens is 321 g/mol. The van der Waals surface area contributed by atoms with E-state index in [-0.39, 0.29) is 12.5 Å². The molecule has 2 aromatic carbocycles. The highest BCUT2D eigenvalue weighted by Gasteiger charge is 2.32.